The number of rotatable bonds is 0. The van der Waals surface area contributed by atoms with Gasteiger partial charge in [-0.05, 0) is 24.7 Å². The molecular weight excluding hydrogens is 162 g/mol. The Labute approximate surface area is 80.3 Å². The number of carbonyl (C=O) groups excluding carboxylic acids is 1. The van der Waals surface area contributed by atoms with Crippen molar-refractivity contribution >= 4 is 5.91 Å². The standard InChI is InChI=1S/C11H19NO/c1-11(2,3)10(13)12-6-8-4-9(5-8)7-12/h8-9H,4-7H2,1-3H3. The number of hydrogen-bond acceptors (Lipinski definition) is 1. The Balaban J connectivity index is 1.98. The Bertz CT molecular complexity index is 213. The lowest BCUT2D eigenvalue weighted by Gasteiger charge is -2.48. The normalized spacial score (nSPS) is 32.7. The fourth-order valence-corrected chi connectivity index (χ4v) is 2.51. The summed E-state index contributed by atoms with van der Waals surface area (Å²) < 4.78 is 0. The molecule has 74 valence electrons. The van der Waals surface area contributed by atoms with Crippen molar-refractivity contribution in [3.8, 4) is 0 Å². The average Bonchev–Trinajstić information content (AvgIpc) is 2.00. The summed E-state index contributed by atoms with van der Waals surface area (Å²) >= 11 is 0. The number of nitrogens with zero attached hydrogens (tertiary/aromatic N) is 1. The van der Waals surface area contributed by atoms with Crippen LogP contribution in [0.3, 0.4) is 0 Å². The third-order valence-electron chi connectivity index (χ3n) is 3.22. The van der Waals surface area contributed by atoms with Gasteiger partial charge in [-0.1, -0.05) is 20.8 Å². The lowest BCUT2D eigenvalue weighted by atomic mass is 9.70. The lowest BCUT2D eigenvalue weighted by molar-refractivity contribution is -0.146. The number of carbonyl (C=O) groups is 1. The van der Waals surface area contributed by atoms with Gasteiger partial charge in [0.1, 0.15) is 0 Å². The number of fused-ring (bicyclic) bond motifs is 2. The summed E-state index contributed by atoms with van der Waals surface area (Å²) in [6.07, 6.45) is 2.74. The van der Waals surface area contributed by atoms with Crippen LogP contribution in [-0.4, -0.2) is 23.9 Å². The van der Waals surface area contributed by atoms with Crippen molar-refractivity contribution in [3.63, 3.8) is 0 Å². The van der Waals surface area contributed by atoms with Crippen molar-refractivity contribution in [1.82, 2.24) is 4.90 Å². The van der Waals surface area contributed by atoms with Gasteiger partial charge in [-0.3, -0.25) is 4.79 Å². The van der Waals surface area contributed by atoms with Crippen molar-refractivity contribution < 1.29 is 4.79 Å². The van der Waals surface area contributed by atoms with E-state index in [0.29, 0.717) is 5.91 Å². The molecule has 2 saturated heterocycles. The van der Waals surface area contributed by atoms with Crippen LogP contribution in [0.15, 0.2) is 0 Å². The highest BCUT2D eigenvalue weighted by Gasteiger charge is 2.40. The minimum atomic E-state index is -0.191. The van der Waals surface area contributed by atoms with Gasteiger partial charge in [0, 0.05) is 18.5 Å². The van der Waals surface area contributed by atoms with Gasteiger partial charge in [-0.15, -0.1) is 0 Å². The topological polar surface area (TPSA) is 20.3 Å². The molecule has 3 rings (SSSR count). The zero-order valence-electron chi connectivity index (χ0n) is 8.84. The summed E-state index contributed by atoms with van der Waals surface area (Å²) in [7, 11) is 0. The van der Waals surface area contributed by atoms with E-state index in [2.05, 4.69) is 4.90 Å². The van der Waals surface area contributed by atoms with E-state index in [-0.39, 0.29) is 5.41 Å². The van der Waals surface area contributed by atoms with Crippen molar-refractivity contribution in [2.45, 2.75) is 33.6 Å². The second-order valence-corrected chi connectivity index (χ2v) is 5.66. The highest BCUT2D eigenvalue weighted by Crippen LogP contribution is 2.40. The van der Waals surface area contributed by atoms with Gasteiger partial charge in [-0.2, -0.15) is 0 Å². The maximum Gasteiger partial charge on any atom is 0.227 e. The van der Waals surface area contributed by atoms with Crippen LogP contribution >= 0.6 is 0 Å². The molecule has 1 saturated carbocycles. The van der Waals surface area contributed by atoms with E-state index in [4.69, 9.17) is 0 Å². The van der Waals surface area contributed by atoms with Gasteiger partial charge < -0.3 is 4.90 Å². The number of hydrogen-bond donors (Lipinski definition) is 0. The van der Waals surface area contributed by atoms with Crippen molar-refractivity contribution in [3.05, 3.63) is 0 Å². The van der Waals surface area contributed by atoms with E-state index in [1.165, 1.54) is 12.8 Å². The van der Waals surface area contributed by atoms with Gasteiger partial charge in [0.15, 0.2) is 0 Å². The third-order valence-corrected chi connectivity index (χ3v) is 3.22. The summed E-state index contributed by atoms with van der Waals surface area (Å²) in [5.74, 6) is 1.98. The molecule has 3 aliphatic rings. The van der Waals surface area contributed by atoms with Crippen molar-refractivity contribution in [2.24, 2.45) is 17.3 Å². The van der Waals surface area contributed by atoms with Crippen LogP contribution in [0, 0.1) is 17.3 Å². The number of piperidine rings is 2. The van der Waals surface area contributed by atoms with Gasteiger partial charge in [0.2, 0.25) is 5.91 Å². The largest absolute Gasteiger partial charge is 0.342 e. The van der Waals surface area contributed by atoms with Crippen LogP contribution in [0.25, 0.3) is 0 Å². The predicted molar refractivity (Wildman–Crippen MR) is 52.2 cm³/mol. The van der Waals surface area contributed by atoms with E-state index >= 15 is 0 Å². The Morgan fingerprint density at radius 1 is 1.15 bits per heavy atom. The molecule has 1 aliphatic carbocycles. The molecule has 0 aromatic heterocycles. The molecule has 1 amide bonds. The molecule has 2 aliphatic heterocycles. The Morgan fingerprint density at radius 2 is 1.62 bits per heavy atom. The summed E-state index contributed by atoms with van der Waals surface area (Å²) in [4.78, 5) is 14.0. The molecule has 2 nitrogen and oxygen atoms in total. The molecule has 2 heterocycles. The minimum Gasteiger partial charge on any atom is -0.342 e. The van der Waals surface area contributed by atoms with Crippen molar-refractivity contribution in [2.75, 3.05) is 13.1 Å². The molecule has 0 unspecified atom stereocenters. The number of amides is 1. The minimum absolute atomic E-state index is 0.191. The van der Waals surface area contributed by atoms with Crippen LogP contribution in [0.4, 0.5) is 0 Å². The quantitative estimate of drug-likeness (QED) is 0.559. The lowest BCUT2D eigenvalue weighted by Crippen LogP contribution is -2.53. The maximum atomic E-state index is 11.9. The van der Waals surface area contributed by atoms with Crippen LogP contribution in [0.1, 0.15) is 33.6 Å². The summed E-state index contributed by atoms with van der Waals surface area (Å²) in [5, 5.41) is 0. The van der Waals surface area contributed by atoms with Crippen LogP contribution in [0.5, 0.6) is 0 Å². The molecule has 0 N–H and O–H groups in total. The highest BCUT2D eigenvalue weighted by atomic mass is 16.2. The molecule has 2 bridgehead atoms. The van der Waals surface area contributed by atoms with Gasteiger partial charge in [0.05, 0.1) is 0 Å². The second-order valence-electron chi connectivity index (χ2n) is 5.66. The molecule has 0 aromatic rings. The zero-order valence-corrected chi connectivity index (χ0v) is 8.84. The molecule has 3 fully saturated rings. The van der Waals surface area contributed by atoms with Crippen LogP contribution in [0.2, 0.25) is 0 Å². The Morgan fingerprint density at radius 3 is 2.00 bits per heavy atom. The van der Waals surface area contributed by atoms with Gasteiger partial charge in [0.25, 0.3) is 0 Å². The van der Waals surface area contributed by atoms with Gasteiger partial charge in [-0.25, -0.2) is 0 Å². The highest BCUT2D eigenvalue weighted by molar-refractivity contribution is 5.81. The molecule has 2 heteroatoms. The predicted octanol–water partition coefficient (Wildman–Crippen LogP) is 1.90. The van der Waals surface area contributed by atoms with E-state index < -0.39 is 0 Å². The monoisotopic (exact) mass is 181 g/mol. The average molecular weight is 181 g/mol. The second kappa shape index (κ2) is 2.73. The Hall–Kier alpha value is -0.530. The molecule has 0 radical (unpaired) electrons. The zero-order chi connectivity index (χ0) is 9.64. The molecular formula is C11H19NO. The van der Waals surface area contributed by atoms with Gasteiger partial charge >= 0.3 is 0 Å². The first-order valence-electron chi connectivity index (χ1n) is 5.26. The van der Waals surface area contributed by atoms with Crippen LogP contribution < -0.4 is 0 Å². The van der Waals surface area contributed by atoms with E-state index in [1.54, 1.807) is 0 Å². The fourth-order valence-electron chi connectivity index (χ4n) is 2.51. The molecule has 0 aromatic carbocycles. The summed E-state index contributed by atoms with van der Waals surface area (Å²) in [6.45, 7) is 8.07. The molecule has 0 atom stereocenters. The van der Waals surface area contributed by atoms with Crippen molar-refractivity contribution in [1.29, 1.82) is 0 Å². The first-order valence-corrected chi connectivity index (χ1v) is 5.26. The van der Waals surface area contributed by atoms with E-state index in [9.17, 15) is 4.79 Å². The fraction of sp³-hybridized carbons (Fsp3) is 0.909. The SMILES string of the molecule is CC(C)(C)C(=O)N1CC2CC(C2)C1. The first-order chi connectivity index (χ1) is 5.97. The summed E-state index contributed by atoms with van der Waals surface area (Å²) in [5.41, 5.74) is -0.191. The maximum absolute atomic E-state index is 11.9. The molecule has 13 heavy (non-hydrogen) atoms. The summed E-state index contributed by atoms with van der Waals surface area (Å²) in [6, 6.07) is 0. The third kappa shape index (κ3) is 1.59. The van der Waals surface area contributed by atoms with E-state index in [1.807, 2.05) is 20.8 Å². The smallest absolute Gasteiger partial charge is 0.227 e. The first kappa shape index (κ1) is 9.04. The van der Waals surface area contributed by atoms with Crippen LogP contribution in [-0.2, 0) is 4.79 Å². The van der Waals surface area contributed by atoms with E-state index in [0.717, 1.165) is 24.9 Å². The molecule has 0 spiro atoms. The Kier molecular flexibility index (Phi) is 1.90.